The molecule has 1 atom stereocenters. The van der Waals surface area contributed by atoms with Crippen molar-refractivity contribution in [1.29, 1.82) is 0 Å². The molecule has 0 heterocycles. The number of aldehydes is 1. The summed E-state index contributed by atoms with van der Waals surface area (Å²) >= 11 is 0. The summed E-state index contributed by atoms with van der Waals surface area (Å²) in [5.74, 6) is -0.871. The SMILES string of the molecule is C[C@H](CC=O)CC(=O)O. The van der Waals surface area contributed by atoms with Crippen LogP contribution in [0.3, 0.4) is 0 Å². The highest BCUT2D eigenvalue weighted by molar-refractivity contribution is 5.67. The molecule has 0 saturated heterocycles. The van der Waals surface area contributed by atoms with Gasteiger partial charge in [0.05, 0.1) is 0 Å². The van der Waals surface area contributed by atoms with E-state index in [1.807, 2.05) is 0 Å². The van der Waals surface area contributed by atoms with Crippen LogP contribution in [0.25, 0.3) is 0 Å². The number of hydrogen-bond acceptors (Lipinski definition) is 2. The maximum Gasteiger partial charge on any atom is 0.303 e. The van der Waals surface area contributed by atoms with Crippen molar-refractivity contribution < 1.29 is 14.7 Å². The average molecular weight is 130 g/mol. The van der Waals surface area contributed by atoms with Crippen molar-refractivity contribution in [2.75, 3.05) is 0 Å². The van der Waals surface area contributed by atoms with E-state index < -0.39 is 5.97 Å². The lowest BCUT2D eigenvalue weighted by atomic mass is 10.1. The molecule has 3 nitrogen and oxygen atoms in total. The van der Waals surface area contributed by atoms with Crippen LogP contribution in [0.4, 0.5) is 0 Å². The molecule has 3 heteroatoms. The smallest absolute Gasteiger partial charge is 0.303 e. The van der Waals surface area contributed by atoms with E-state index >= 15 is 0 Å². The van der Waals surface area contributed by atoms with Gasteiger partial charge < -0.3 is 9.90 Å². The summed E-state index contributed by atoms with van der Waals surface area (Å²) in [5, 5.41) is 8.19. The van der Waals surface area contributed by atoms with E-state index in [2.05, 4.69) is 0 Å². The third-order valence-electron chi connectivity index (χ3n) is 1.02. The summed E-state index contributed by atoms with van der Waals surface area (Å²) in [7, 11) is 0. The van der Waals surface area contributed by atoms with Crippen LogP contribution >= 0.6 is 0 Å². The molecule has 52 valence electrons. The maximum atomic E-state index is 9.97. The summed E-state index contributed by atoms with van der Waals surface area (Å²) in [6.45, 7) is 1.74. The number of carboxylic acid groups (broad SMARTS) is 1. The maximum absolute atomic E-state index is 9.97. The summed E-state index contributed by atoms with van der Waals surface area (Å²) in [4.78, 5) is 19.8. The third-order valence-corrected chi connectivity index (χ3v) is 1.02. The fourth-order valence-electron chi connectivity index (χ4n) is 0.546. The molecule has 0 rings (SSSR count). The molecule has 0 aromatic carbocycles. The Bertz CT molecular complexity index is 109. The Labute approximate surface area is 53.7 Å². The summed E-state index contributed by atoms with van der Waals surface area (Å²) in [5.41, 5.74) is 0. The van der Waals surface area contributed by atoms with E-state index in [4.69, 9.17) is 5.11 Å². The highest BCUT2D eigenvalue weighted by Crippen LogP contribution is 2.03. The van der Waals surface area contributed by atoms with Gasteiger partial charge in [0.15, 0.2) is 0 Å². The van der Waals surface area contributed by atoms with Gasteiger partial charge >= 0.3 is 5.97 Å². The summed E-state index contributed by atoms with van der Waals surface area (Å²) < 4.78 is 0. The Balaban J connectivity index is 3.37. The van der Waals surface area contributed by atoms with Crippen LogP contribution in [0.5, 0.6) is 0 Å². The second-order valence-electron chi connectivity index (χ2n) is 2.11. The van der Waals surface area contributed by atoms with Gasteiger partial charge in [0, 0.05) is 12.8 Å². The van der Waals surface area contributed by atoms with E-state index in [0.29, 0.717) is 6.42 Å². The van der Waals surface area contributed by atoms with Gasteiger partial charge in [-0.15, -0.1) is 0 Å². The number of rotatable bonds is 4. The molecule has 0 amide bonds. The van der Waals surface area contributed by atoms with Gasteiger partial charge in [0.25, 0.3) is 0 Å². The minimum absolute atomic E-state index is 0.0278. The fraction of sp³-hybridized carbons (Fsp3) is 0.667. The predicted octanol–water partition coefficient (Wildman–Crippen LogP) is 0.686. The molecule has 0 unspecified atom stereocenters. The van der Waals surface area contributed by atoms with E-state index in [9.17, 15) is 9.59 Å². The average Bonchev–Trinajstić information content (AvgIpc) is 1.63. The van der Waals surface area contributed by atoms with Gasteiger partial charge in [0.1, 0.15) is 6.29 Å². The molecular weight excluding hydrogens is 120 g/mol. The quantitative estimate of drug-likeness (QED) is 0.569. The van der Waals surface area contributed by atoms with Gasteiger partial charge in [-0.3, -0.25) is 4.79 Å². The van der Waals surface area contributed by atoms with Crippen LogP contribution in [0.1, 0.15) is 19.8 Å². The van der Waals surface area contributed by atoms with Crippen LogP contribution in [0.2, 0.25) is 0 Å². The molecule has 0 aliphatic carbocycles. The van der Waals surface area contributed by atoms with Crippen LogP contribution in [0.15, 0.2) is 0 Å². The van der Waals surface area contributed by atoms with Crippen molar-refractivity contribution in [2.45, 2.75) is 19.8 Å². The van der Waals surface area contributed by atoms with Crippen molar-refractivity contribution in [3.05, 3.63) is 0 Å². The van der Waals surface area contributed by atoms with E-state index in [-0.39, 0.29) is 12.3 Å². The lowest BCUT2D eigenvalue weighted by Crippen LogP contribution is -2.03. The number of carbonyl (C=O) groups excluding carboxylic acids is 1. The Hall–Kier alpha value is -0.860. The number of aliphatic carboxylic acids is 1. The first-order valence-corrected chi connectivity index (χ1v) is 2.82. The van der Waals surface area contributed by atoms with Crippen LogP contribution in [-0.2, 0) is 9.59 Å². The summed E-state index contributed by atoms with van der Waals surface area (Å²) in [6.07, 6.45) is 1.17. The highest BCUT2D eigenvalue weighted by Gasteiger charge is 2.05. The number of carbonyl (C=O) groups is 2. The largest absolute Gasteiger partial charge is 0.481 e. The van der Waals surface area contributed by atoms with E-state index in [0.717, 1.165) is 6.29 Å². The molecule has 0 saturated carbocycles. The lowest BCUT2D eigenvalue weighted by Gasteiger charge is -2.00. The third kappa shape index (κ3) is 5.00. The highest BCUT2D eigenvalue weighted by atomic mass is 16.4. The zero-order valence-corrected chi connectivity index (χ0v) is 5.33. The van der Waals surface area contributed by atoms with Crippen LogP contribution in [-0.4, -0.2) is 17.4 Å². The fourth-order valence-corrected chi connectivity index (χ4v) is 0.546. The van der Waals surface area contributed by atoms with Crippen molar-refractivity contribution >= 4 is 12.3 Å². The number of hydrogen-bond donors (Lipinski definition) is 1. The normalized spacial score (nSPS) is 12.6. The second-order valence-corrected chi connectivity index (χ2v) is 2.11. The molecule has 9 heavy (non-hydrogen) atoms. The lowest BCUT2D eigenvalue weighted by molar-refractivity contribution is -0.138. The van der Waals surface area contributed by atoms with Gasteiger partial charge in [-0.25, -0.2) is 0 Å². The monoisotopic (exact) mass is 130 g/mol. The standard InChI is InChI=1S/C6H10O3/c1-5(2-3-7)4-6(8)9/h3,5H,2,4H2,1H3,(H,8,9)/t5-/m1/s1. The van der Waals surface area contributed by atoms with Crippen molar-refractivity contribution in [3.63, 3.8) is 0 Å². The molecule has 0 aliphatic rings. The Morgan fingerprint density at radius 2 is 2.33 bits per heavy atom. The minimum Gasteiger partial charge on any atom is -0.481 e. The van der Waals surface area contributed by atoms with Crippen molar-refractivity contribution in [3.8, 4) is 0 Å². The molecule has 0 spiro atoms. The van der Waals surface area contributed by atoms with E-state index in [1.165, 1.54) is 0 Å². The first kappa shape index (κ1) is 8.14. The van der Waals surface area contributed by atoms with Gasteiger partial charge in [-0.2, -0.15) is 0 Å². The zero-order valence-electron chi connectivity index (χ0n) is 5.33. The topological polar surface area (TPSA) is 54.4 Å². The zero-order chi connectivity index (χ0) is 7.28. The first-order chi connectivity index (χ1) is 4.16. The predicted molar refractivity (Wildman–Crippen MR) is 32.1 cm³/mol. The van der Waals surface area contributed by atoms with Crippen molar-refractivity contribution in [1.82, 2.24) is 0 Å². The molecule has 0 bridgehead atoms. The van der Waals surface area contributed by atoms with Crippen LogP contribution in [0, 0.1) is 5.92 Å². The van der Waals surface area contributed by atoms with Gasteiger partial charge in [0.2, 0.25) is 0 Å². The number of carboxylic acids is 1. The molecular formula is C6H10O3. The minimum atomic E-state index is -0.843. The molecule has 0 fully saturated rings. The Morgan fingerprint density at radius 3 is 2.67 bits per heavy atom. The molecule has 0 aromatic rings. The van der Waals surface area contributed by atoms with Crippen molar-refractivity contribution in [2.24, 2.45) is 5.92 Å². The second kappa shape index (κ2) is 4.06. The molecule has 0 aliphatic heterocycles. The van der Waals surface area contributed by atoms with E-state index in [1.54, 1.807) is 6.92 Å². The van der Waals surface area contributed by atoms with Crippen LogP contribution < -0.4 is 0 Å². The summed E-state index contributed by atoms with van der Waals surface area (Å²) in [6, 6.07) is 0. The van der Waals surface area contributed by atoms with Gasteiger partial charge in [-0.05, 0) is 5.92 Å². The molecule has 1 N–H and O–H groups in total. The molecule has 0 radical (unpaired) electrons. The Kier molecular flexibility index (Phi) is 3.67. The Morgan fingerprint density at radius 1 is 1.78 bits per heavy atom. The first-order valence-electron chi connectivity index (χ1n) is 2.82. The van der Waals surface area contributed by atoms with Gasteiger partial charge in [-0.1, -0.05) is 6.92 Å². The molecule has 0 aromatic heterocycles.